The number of ether oxygens (including phenoxy) is 2. The van der Waals surface area contributed by atoms with Crippen LogP contribution in [0.2, 0.25) is 0 Å². The van der Waals surface area contributed by atoms with E-state index in [9.17, 15) is 9.59 Å². The van der Waals surface area contributed by atoms with Gasteiger partial charge in [-0.05, 0) is 37.3 Å². The van der Waals surface area contributed by atoms with E-state index >= 15 is 0 Å². The van der Waals surface area contributed by atoms with Crippen molar-refractivity contribution in [1.29, 1.82) is 0 Å². The summed E-state index contributed by atoms with van der Waals surface area (Å²) in [7, 11) is 0. The molecule has 0 radical (unpaired) electrons. The zero-order valence-corrected chi connectivity index (χ0v) is 12.6. The first-order chi connectivity index (χ1) is 11.2. The van der Waals surface area contributed by atoms with Gasteiger partial charge < -0.3 is 20.1 Å². The van der Waals surface area contributed by atoms with Crippen molar-refractivity contribution in [3.05, 3.63) is 48.0 Å². The van der Waals surface area contributed by atoms with Gasteiger partial charge >= 0.3 is 0 Å². The van der Waals surface area contributed by atoms with Crippen molar-refractivity contribution in [3.8, 4) is 11.5 Å². The maximum Gasteiger partial charge on any atom is 0.262 e. The molecule has 0 fully saturated rings. The number of anilines is 2. The van der Waals surface area contributed by atoms with E-state index in [2.05, 4.69) is 10.6 Å². The minimum Gasteiger partial charge on any atom is -0.492 e. The number of carbonyl (C=O) groups is 2. The molecule has 3 rings (SSSR count). The number of benzene rings is 2. The lowest BCUT2D eigenvalue weighted by Gasteiger charge is -2.18. The molecule has 1 heterocycles. The van der Waals surface area contributed by atoms with E-state index in [1.807, 2.05) is 19.1 Å². The molecule has 1 aliphatic heterocycles. The van der Waals surface area contributed by atoms with Crippen LogP contribution in [0.1, 0.15) is 17.3 Å². The summed E-state index contributed by atoms with van der Waals surface area (Å²) in [5, 5.41) is 5.51. The van der Waals surface area contributed by atoms with Crippen LogP contribution >= 0.6 is 0 Å². The highest BCUT2D eigenvalue weighted by atomic mass is 16.5. The number of hydrogen-bond donors (Lipinski definition) is 2. The highest BCUT2D eigenvalue weighted by molar-refractivity contribution is 6.06. The zero-order valence-electron chi connectivity index (χ0n) is 12.6. The Hall–Kier alpha value is -3.02. The molecule has 2 N–H and O–H groups in total. The van der Waals surface area contributed by atoms with E-state index in [0.717, 1.165) is 0 Å². The molecule has 6 heteroatoms. The molecular formula is C17H16N2O4. The van der Waals surface area contributed by atoms with Gasteiger partial charge in [-0.1, -0.05) is 12.1 Å². The van der Waals surface area contributed by atoms with Crippen LogP contribution in [0, 0.1) is 0 Å². The van der Waals surface area contributed by atoms with E-state index in [-0.39, 0.29) is 18.4 Å². The predicted molar refractivity (Wildman–Crippen MR) is 86.1 cm³/mol. The second-order valence-electron chi connectivity index (χ2n) is 4.93. The van der Waals surface area contributed by atoms with Crippen LogP contribution in [0.3, 0.4) is 0 Å². The minimum atomic E-state index is -0.277. The van der Waals surface area contributed by atoms with Crippen molar-refractivity contribution in [2.24, 2.45) is 0 Å². The smallest absolute Gasteiger partial charge is 0.262 e. The largest absolute Gasteiger partial charge is 0.492 e. The van der Waals surface area contributed by atoms with Gasteiger partial charge in [0, 0.05) is 5.56 Å². The van der Waals surface area contributed by atoms with Gasteiger partial charge in [-0.3, -0.25) is 9.59 Å². The lowest BCUT2D eigenvalue weighted by Crippen LogP contribution is -2.25. The molecule has 0 saturated carbocycles. The normalized spacial score (nSPS) is 12.7. The lowest BCUT2D eigenvalue weighted by atomic mass is 10.1. The average molecular weight is 312 g/mol. The summed E-state index contributed by atoms with van der Waals surface area (Å²) < 4.78 is 10.8. The van der Waals surface area contributed by atoms with E-state index in [1.54, 1.807) is 30.3 Å². The van der Waals surface area contributed by atoms with Crippen molar-refractivity contribution in [2.45, 2.75) is 6.92 Å². The molecule has 6 nitrogen and oxygen atoms in total. The van der Waals surface area contributed by atoms with Crippen LogP contribution in [0.25, 0.3) is 0 Å². The molecule has 0 aromatic heterocycles. The highest BCUT2D eigenvalue weighted by Crippen LogP contribution is 2.29. The Balaban J connectivity index is 1.80. The van der Waals surface area contributed by atoms with Gasteiger partial charge in [-0.25, -0.2) is 0 Å². The van der Waals surface area contributed by atoms with Gasteiger partial charge in [-0.2, -0.15) is 0 Å². The summed E-state index contributed by atoms with van der Waals surface area (Å²) in [5.74, 6) is 0.612. The maximum atomic E-state index is 12.4. The first-order valence-corrected chi connectivity index (χ1v) is 7.27. The highest BCUT2D eigenvalue weighted by Gasteiger charge is 2.18. The first-order valence-electron chi connectivity index (χ1n) is 7.27. The van der Waals surface area contributed by atoms with Crippen LogP contribution in [0.15, 0.2) is 42.5 Å². The number of rotatable bonds is 4. The molecule has 1 aliphatic rings. The van der Waals surface area contributed by atoms with Gasteiger partial charge in [0.05, 0.1) is 18.0 Å². The molecule has 0 unspecified atom stereocenters. The fourth-order valence-electron chi connectivity index (χ4n) is 2.26. The Morgan fingerprint density at radius 3 is 2.96 bits per heavy atom. The Morgan fingerprint density at radius 2 is 2.13 bits per heavy atom. The third-order valence-electron chi connectivity index (χ3n) is 3.31. The van der Waals surface area contributed by atoms with Crippen molar-refractivity contribution in [1.82, 2.24) is 0 Å². The fourth-order valence-corrected chi connectivity index (χ4v) is 2.26. The predicted octanol–water partition coefficient (Wildman–Crippen LogP) is 2.67. The molecular weight excluding hydrogens is 296 g/mol. The summed E-state index contributed by atoms with van der Waals surface area (Å²) in [4.78, 5) is 23.7. The lowest BCUT2D eigenvalue weighted by molar-refractivity contribution is -0.118. The van der Waals surface area contributed by atoms with Crippen LogP contribution in [-0.4, -0.2) is 25.0 Å². The quantitative estimate of drug-likeness (QED) is 0.910. The third-order valence-corrected chi connectivity index (χ3v) is 3.31. The van der Waals surface area contributed by atoms with E-state index in [1.165, 1.54) is 0 Å². The number of amides is 2. The monoisotopic (exact) mass is 312 g/mol. The average Bonchev–Trinajstić information content (AvgIpc) is 2.56. The van der Waals surface area contributed by atoms with Crippen LogP contribution in [0.4, 0.5) is 11.4 Å². The van der Waals surface area contributed by atoms with E-state index in [4.69, 9.17) is 9.47 Å². The number of fused-ring (bicyclic) bond motifs is 1. The summed E-state index contributed by atoms with van der Waals surface area (Å²) in [5.41, 5.74) is 1.60. The third kappa shape index (κ3) is 3.26. The molecule has 0 atom stereocenters. The molecule has 118 valence electrons. The van der Waals surface area contributed by atoms with Gasteiger partial charge in [0.25, 0.3) is 11.8 Å². The number of nitrogens with one attached hydrogen (secondary N) is 2. The Kier molecular flexibility index (Phi) is 4.14. The summed E-state index contributed by atoms with van der Waals surface area (Å²) >= 11 is 0. The minimum absolute atomic E-state index is 0.0504. The number of carbonyl (C=O) groups excluding carboxylic acids is 2. The Bertz CT molecular complexity index is 758. The Labute approximate surface area is 133 Å². The molecule has 2 aromatic rings. The van der Waals surface area contributed by atoms with E-state index in [0.29, 0.717) is 35.0 Å². The fraction of sp³-hybridized carbons (Fsp3) is 0.176. The molecule has 2 amide bonds. The summed E-state index contributed by atoms with van der Waals surface area (Å²) in [6, 6.07) is 12.1. The van der Waals surface area contributed by atoms with E-state index < -0.39 is 0 Å². The second-order valence-corrected chi connectivity index (χ2v) is 4.93. The zero-order chi connectivity index (χ0) is 16.2. The van der Waals surface area contributed by atoms with Gasteiger partial charge in [0.15, 0.2) is 6.61 Å². The van der Waals surface area contributed by atoms with Crippen LogP contribution < -0.4 is 20.1 Å². The number of para-hydroxylation sites is 2. The van der Waals surface area contributed by atoms with Crippen molar-refractivity contribution >= 4 is 23.2 Å². The Morgan fingerprint density at radius 1 is 1.30 bits per heavy atom. The molecule has 0 spiro atoms. The molecule has 0 aliphatic carbocycles. The van der Waals surface area contributed by atoms with Crippen molar-refractivity contribution in [3.63, 3.8) is 0 Å². The van der Waals surface area contributed by atoms with Crippen LogP contribution in [0.5, 0.6) is 11.5 Å². The molecule has 0 saturated heterocycles. The summed E-state index contributed by atoms with van der Waals surface area (Å²) in [6.45, 7) is 2.35. The van der Waals surface area contributed by atoms with Crippen molar-refractivity contribution < 1.29 is 19.1 Å². The van der Waals surface area contributed by atoms with Crippen molar-refractivity contribution in [2.75, 3.05) is 23.8 Å². The SMILES string of the molecule is CCOc1ccccc1NC(=O)c1ccc2c(c1)OCC(=O)N2. The van der Waals surface area contributed by atoms with Gasteiger partial charge in [0.1, 0.15) is 11.5 Å². The van der Waals surface area contributed by atoms with Gasteiger partial charge in [-0.15, -0.1) is 0 Å². The van der Waals surface area contributed by atoms with Crippen LogP contribution in [-0.2, 0) is 4.79 Å². The number of hydrogen-bond acceptors (Lipinski definition) is 4. The summed E-state index contributed by atoms with van der Waals surface area (Å²) in [6.07, 6.45) is 0. The first kappa shape index (κ1) is 14.9. The molecule has 23 heavy (non-hydrogen) atoms. The standard InChI is InChI=1S/C17H16N2O4/c1-2-22-14-6-4-3-5-12(14)19-17(21)11-7-8-13-15(9-11)23-10-16(20)18-13/h3-9H,2,10H2,1H3,(H,18,20)(H,19,21). The molecule has 2 aromatic carbocycles. The topological polar surface area (TPSA) is 76.7 Å². The van der Waals surface area contributed by atoms with Gasteiger partial charge in [0.2, 0.25) is 0 Å². The molecule has 0 bridgehead atoms. The maximum absolute atomic E-state index is 12.4. The second kappa shape index (κ2) is 6.39.